The minimum Gasteiger partial charge on any atom is -0.506 e. The van der Waals surface area contributed by atoms with Crippen LogP contribution in [-0.2, 0) is 0 Å². The largest absolute Gasteiger partial charge is 0.506 e. The zero-order valence-corrected chi connectivity index (χ0v) is 17.0. The van der Waals surface area contributed by atoms with Gasteiger partial charge in [-0.15, -0.1) is 0 Å². The van der Waals surface area contributed by atoms with Gasteiger partial charge in [0.2, 0.25) is 0 Å². The Bertz CT molecular complexity index is 1130. The van der Waals surface area contributed by atoms with Crippen LogP contribution in [0.5, 0.6) is 5.75 Å². The average molecular weight is 451 g/mol. The molecule has 1 aliphatic rings. The molecule has 6 nitrogen and oxygen atoms in total. The first-order valence-electron chi connectivity index (χ1n) is 9.41. The van der Waals surface area contributed by atoms with Gasteiger partial charge < -0.3 is 15.7 Å². The number of phenols is 1. The van der Waals surface area contributed by atoms with Gasteiger partial charge in [0.05, 0.1) is 11.7 Å². The molecule has 2 aromatic carbocycles. The number of nitrogens with zero attached hydrogens (tertiary/aromatic N) is 2. The Morgan fingerprint density at radius 3 is 2.61 bits per heavy atom. The number of amides is 1. The fraction of sp³-hybridized carbons (Fsp3) is 0.238. The van der Waals surface area contributed by atoms with Gasteiger partial charge in [-0.1, -0.05) is 41.4 Å². The predicted octanol–water partition coefficient (Wildman–Crippen LogP) is 5.46. The summed E-state index contributed by atoms with van der Waals surface area (Å²) in [4.78, 5) is 12.6. The summed E-state index contributed by atoms with van der Waals surface area (Å²) in [5.41, 5.74) is 1.52. The van der Waals surface area contributed by atoms with Crippen molar-refractivity contribution in [2.45, 2.75) is 31.6 Å². The van der Waals surface area contributed by atoms with Crippen molar-refractivity contribution in [1.82, 2.24) is 9.78 Å². The molecule has 31 heavy (non-hydrogen) atoms. The molecule has 1 aromatic heterocycles. The Balaban J connectivity index is 1.65. The fourth-order valence-corrected chi connectivity index (χ4v) is 3.67. The summed E-state index contributed by atoms with van der Waals surface area (Å²) in [6.45, 7) is 1.90. The second-order valence-electron chi connectivity index (χ2n) is 7.38. The highest BCUT2D eigenvalue weighted by molar-refractivity contribution is 6.31. The van der Waals surface area contributed by atoms with Crippen molar-refractivity contribution in [3.8, 4) is 5.75 Å². The van der Waals surface area contributed by atoms with E-state index in [1.807, 2.05) is 19.1 Å². The molecule has 162 valence electrons. The standard InChI is InChI=1S/C21H18ClF3N4O2/c1-11-2-4-12(5-3-11)14-9-18(21(23,24)25)29-19(26-14)10-16(28-29)20(31)27-15-8-13(22)6-7-17(15)30/h2-8,10,14,18,26,30H,9H2,1H3,(H,27,31)/t14-,18+/m1/s1. The van der Waals surface area contributed by atoms with E-state index in [4.69, 9.17) is 11.6 Å². The van der Waals surface area contributed by atoms with E-state index >= 15 is 0 Å². The molecule has 0 saturated carbocycles. The Labute approximate surface area is 180 Å². The number of phenolic OH excluding ortho intramolecular Hbond substituents is 1. The van der Waals surface area contributed by atoms with Crippen LogP contribution in [0.15, 0.2) is 48.5 Å². The van der Waals surface area contributed by atoms with E-state index in [1.165, 1.54) is 24.3 Å². The maximum absolute atomic E-state index is 13.8. The van der Waals surface area contributed by atoms with E-state index in [-0.39, 0.29) is 34.4 Å². The van der Waals surface area contributed by atoms with Crippen molar-refractivity contribution in [3.63, 3.8) is 0 Å². The van der Waals surface area contributed by atoms with Crippen LogP contribution in [0.4, 0.5) is 24.7 Å². The molecule has 2 atom stereocenters. The number of alkyl halides is 3. The summed E-state index contributed by atoms with van der Waals surface area (Å²) in [5.74, 6) is -0.916. The molecule has 3 N–H and O–H groups in total. The molecule has 1 amide bonds. The molecule has 2 heterocycles. The summed E-state index contributed by atoms with van der Waals surface area (Å²) >= 11 is 5.86. The lowest BCUT2D eigenvalue weighted by atomic mass is 9.96. The third kappa shape index (κ3) is 4.32. The molecule has 0 unspecified atom stereocenters. The molecular weight excluding hydrogens is 433 g/mol. The molecule has 10 heteroatoms. The number of fused-ring (bicyclic) bond motifs is 1. The lowest BCUT2D eigenvalue weighted by Gasteiger charge is -2.33. The lowest BCUT2D eigenvalue weighted by molar-refractivity contribution is -0.173. The summed E-state index contributed by atoms with van der Waals surface area (Å²) in [7, 11) is 0. The number of hydrogen-bond donors (Lipinski definition) is 3. The predicted molar refractivity (Wildman–Crippen MR) is 111 cm³/mol. The number of anilines is 2. The van der Waals surface area contributed by atoms with E-state index in [0.29, 0.717) is 5.56 Å². The van der Waals surface area contributed by atoms with Crippen molar-refractivity contribution >= 4 is 29.0 Å². The Morgan fingerprint density at radius 1 is 1.23 bits per heavy atom. The van der Waals surface area contributed by atoms with Gasteiger partial charge in [-0.3, -0.25) is 4.79 Å². The smallest absolute Gasteiger partial charge is 0.410 e. The molecule has 0 fully saturated rings. The van der Waals surface area contributed by atoms with Crippen LogP contribution in [0.1, 0.15) is 40.1 Å². The van der Waals surface area contributed by atoms with E-state index in [2.05, 4.69) is 15.7 Å². The number of aryl methyl sites for hydroxylation is 1. The van der Waals surface area contributed by atoms with E-state index in [0.717, 1.165) is 10.2 Å². The number of nitrogens with one attached hydrogen (secondary N) is 2. The van der Waals surface area contributed by atoms with Gasteiger partial charge >= 0.3 is 6.18 Å². The first kappa shape index (κ1) is 21.0. The number of benzene rings is 2. The highest BCUT2D eigenvalue weighted by Crippen LogP contribution is 2.43. The number of carbonyl (C=O) groups excluding carboxylic acids is 1. The number of halogens is 4. The molecule has 0 aliphatic carbocycles. The van der Waals surface area contributed by atoms with Gasteiger partial charge in [0, 0.05) is 17.5 Å². The zero-order chi connectivity index (χ0) is 22.3. The van der Waals surface area contributed by atoms with Crippen molar-refractivity contribution in [3.05, 3.63) is 70.4 Å². The first-order chi connectivity index (χ1) is 14.6. The second kappa shape index (κ2) is 7.81. The fourth-order valence-electron chi connectivity index (χ4n) is 3.50. The third-order valence-corrected chi connectivity index (χ3v) is 5.34. The molecule has 3 aromatic rings. The summed E-state index contributed by atoms with van der Waals surface area (Å²) in [6, 6.07) is 10.1. The first-order valence-corrected chi connectivity index (χ1v) is 9.79. The quantitative estimate of drug-likeness (QED) is 0.463. The second-order valence-corrected chi connectivity index (χ2v) is 7.81. The zero-order valence-electron chi connectivity index (χ0n) is 16.2. The molecule has 0 saturated heterocycles. The summed E-state index contributed by atoms with van der Waals surface area (Å²) < 4.78 is 42.2. The minimum atomic E-state index is -4.55. The van der Waals surface area contributed by atoms with E-state index in [1.54, 1.807) is 12.1 Å². The van der Waals surface area contributed by atoms with Gasteiger partial charge in [0.15, 0.2) is 11.7 Å². The van der Waals surface area contributed by atoms with Crippen LogP contribution in [-0.4, -0.2) is 27.0 Å². The van der Waals surface area contributed by atoms with Crippen LogP contribution < -0.4 is 10.6 Å². The third-order valence-electron chi connectivity index (χ3n) is 5.11. The van der Waals surface area contributed by atoms with Gasteiger partial charge in [-0.25, -0.2) is 4.68 Å². The van der Waals surface area contributed by atoms with Crippen molar-refractivity contribution < 1.29 is 23.1 Å². The molecule has 0 bridgehead atoms. The van der Waals surface area contributed by atoms with Crippen molar-refractivity contribution in [2.24, 2.45) is 0 Å². The van der Waals surface area contributed by atoms with Crippen LogP contribution >= 0.6 is 11.6 Å². The molecule has 1 aliphatic heterocycles. The van der Waals surface area contributed by atoms with Crippen LogP contribution in [0.3, 0.4) is 0 Å². The summed E-state index contributed by atoms with van der Waals surface area (Å²) in [6.07, 6.45) is -4.82. The molecule has 0 radical (unpaired) electrons. The Hall–Kier alpha value is -3.20. The SMILES string of the molecule is Cc1ccc([C@H]2C[C@@H](C(F)(F)F)n3nc(C(=O)Nc4cc(Cl)ccc4O)cc3N2)cc1. The van der Waals surface area contributed by atoms with Crippen LogP contribution in [0.25, 0.3) is 0 Å². The van der Waals surface area contributed by atoms with E-state index in [9.17, 15) is 23.1 Å². The molecular formula is C21H18ClF3N4O2. The lowest BCUT2D eigenvalue weighted by Crippen LogP contribution is -2.35. The normalized spacial score (nSPS) is 18.2. The number of aromatic nitrogens is 2. The van der Waals surface area contributed by atoms with Gasteiger partial charge in [-0.05, 0) is 30.7 Å². The highest BCUT2D eigenvalue weighted by Gasteiger charge is 2.46. The maximum atomic E-state index is 13.8. The molecule has 0 spiro atoms. The maximum Gasteiger partial charge on any atom is 0.410 e. The van der Waals surface area contributed by atoms with Gasteiger partial charge in [-0.2, -0.15) is 18.3 Å². The number of aromatic hydroxyl groups is 1. The number of carbonyl (C=O) groups is 1. The van der Waals surface area contributed by atoms with Gasteiger partial charge in [0.1, 0.15) is 11.6 Å². The number of hydrogen-bond acceptors (Lipinski definition) is 4. The van der Waals surface area contributed by atoms with Crippen LogP contribution in [0, 0.1) is 6.92 Å². The minimum absolute atomic E-state index is 0.0290. The van der Waals surface area contributed by atoms with Crippen molar-refractivity contribution in [2.75, 3.05) is 10.6 Å². The molecule has 4 rings (SSSR count). The summed E-state index contributed by atoms with van der Waals surface area (Å²) in [5, 5.41) is 19.5. The Morgan fingerprint density at radius 2 is 1.94 bits per heavy atom. The topological polar surface area (TPSA) is 79.2 Å². The highest BCUT2D eigenvalue weighted by atomic mass is 35.5. The van der Waals surface area contributed by atoms with Crippen LogP contribution in [0.2, 0.25) is 5.02 Å². The Kier molecular flexibility index (Phi) is 5.30. The monoisotopic (exact) mass is 450 g/mol. The average Bonchev–Trinajstić information content (AvgIpc) is 3.14. The van der Waals surface area contributed by atoms with Crippen molar-refractivity contribution in [1.29, 1.82) is 0 Å². The number of rotatable bonds is 3. The van der Waals surface area contributed by atoms with Gasteiger partial charge in [0.25, 0.3) is 5.91 Å². The van der Waals surface area contributed by atoms with E-state index < -0.39 is 24.2 Å².